The Bertz CT molecular complexity index is 382. The van der Waals surface area contributed by atoms with Crippen molar-refractivity contribution < 1.29 is 18.6 Å². The van der Waals surface area contributed by atoms with Gasteiger partial charge in [0.15, 0.2) is 0 Å². The summed E-state index contributed by atoms with van der Waals surface area (Å²) >= 11 is 0. The molecule has 1 unspecified atom stereocenters. The van der Waals surface area contributed by atoms with E-state index in [0.717, 1.165) is 12.1 Å². The maximum Gasteiger partial charge on any atom is 0.387 e. The minimum Gasteiger partial charge on any atom is -0.435 e. The van der Waals surface area contributed by atoms with E-state index in [1.807, 2.05) is 6.92 Å². The average molecular weight is 273 g/mol. The van der Waals surface area contributed by atoms with Crippen LogP contribution in [0.3, 0.4) is 0 Å². The zero-order valence-corrected chi connectivity index (χ0v) is 11.5. The van der Waals surface area contributed by atoms with Gasteiger partial charge < -0.3 is 15.2 Å². The van der Waals surface area contributed by atoms with Crippen LogP contribution in [0.4, 0.5) is 8.78 Å². The zero-order valence-electron chi connectivity index (χ0n) is 11.5. The number of nitrogens with one attached hydrogen (secondary N) is 1. The lowest BCUT2D eigenvalue weighted by molar-refractivity contribution is -0.0498. The topological polar surface area (TPSA) is 41.5 Å². The van der Waals surface area contributed by atoms with E-state index >= 15 is 0 Å². The molecule has 1 aromatic rings. The lowest BCUT2D eigenvalue weighted by Gasteiger charge is -2.30. The molecule has 0 fully saturated rings. The summed E-state index contributed by atoms with van der Waals surface area (Å²) in [6, 6.07) is 6.32. The first-order valence-corrected chi connectivity index (χ1v) is 6.28. The highest BCUT2D eigenvalue weighted by Gasteiger charge is 2.25. The smallest absolute Gasteiger partial charge is 0.387 e. The fourth-order valence-electron chi connectivity index (χ4n) is 1.68. The van der Waals surface area contributed by atoms with E-state index < -0.39 is 12.2 Å². The van der Waals surface area contributed by atoms with Crippen LogP contribution in [0.25, 0.3) is 0 Å². The number of ether oxygens (including phenoxy) is 1. The fourth-order valence-corrected chi connectivity index (χ4v) is 1.68. The third-order valence-electron chi connectivity index (χ3n) is 2.93. The SMILES string of the molecule is CC(C)CNC(C)(CO)c1ccc(OC(F)F)cc1. The number of aliphatic hydroxyl groups excluding tert-OH is 1. The molecule has 0 heterocycles. The first-order chi connectivity index (χ1) is 8.87. The summed E-state index contributed by atoms with van der Waals surface area (Å²) in [5.41, 5.74) is 0.241. The Morgan fingerprint density at radius 3 is 2.26 bits per heavy atom. The first kappa shape index (κ1) is 15.9. The van der Waals surface area contributed by atoms with E-state index in [4.69, 9.17) is 0 Å². The first-order valence-electron chi connectivity index (χ1n) is 6.28. The Labute approximate surface area is 112 Å². The predicted octanol–water partition coefficient (Wildman–Crippen LogP) is 2.74. The number of aliphatic hydroxyl groups is 1. The molecule has 0 amide bonds. The van der Waals surface area contributed by atoms with Crippen LogP contribution in [0.2, 0.25) is 0 Å². The highest BCUT2D eigenvalue weighted by atomic mass is 19.3. The third kappa shape index (κ3) is 4.76. The van der Waals surface area contributed by atoms with Gasteiger partial charge in [-0.25, -0.2) is 0 Å². The molecule has 0 spiro atoms. The number of alkyl halides is 2. The molecule has 0 bridgehead atoms. The van der Waals surface area contributed by atoms with Gasteiger partial charge in [0.1, 0.15) is 5.75 Å². The Morgan fingerprint density at radius 2 is 1.84 bits per heavy atom. The van der Waals surface area contributed by atoms with Crippen molar-refractivity contribution in [2.45, 2.75) is 32.9 Å². The molecule has 0 radical (unpaired) electrons. The summed E-state index contributed by atoms with van der Waals surface area (Å²) in [6.45, 7) is 3.88. The third-order valence-corrected chi connectivity index (χ3v) is 2.93. The van der Waals surface area contributed by atoms with Crippen LogP contribution >= 0.6 is 0 Å². The maximum atomic E-state index is 12.1. The molecule has 1 rings (SSSR count). The van der Waals surface area contributed by atoms with Crippen LogP contribution in [0, 0.1) is 5.92 Å². The van der Waals surface area contributed by atoms with Gasteiger partial charge in [-0.2, -0.15) is 8.78 Å². The van der Waals surface area contributed by atoms with E-state index in [2.05, 4.69) is 23.9 Å². The van der Waals surface area contributed by atoms with Gasteiger partial charge in [0.2, 0.25) is 0 Å². The summed E-state index contributed by atoms with van der Waals surface area (Å²) < 4.78 is 28.4. The Morgan fingerprint density at radius 1 is 1.26 bits per heavy atom. The highest BCUT2D eigenvalue weighted by molar-refractivity contribution is 5.31. The summed E-state index contributed by atoms with van der Waals surface area (Å²) in [6.07, 6.45) is 0. The van der Waals surface area contributed by atoms with Crippen molar-refractivity contribution in [1.82, 2.24) is 5.32 Å². The molecule has 3 nitrogen and oxygen atoms in total. The molecule has 0 aliphatic rings. The van der Waals surface area contributed by atoms with E-state index in [9.17, 15) is 13.9 Å². The van der Waals surface area contributed by atoms with Crippen LogP contribution < -0.4 is 10.1 Å². The predicted molar refractivity (Wildman–Crippen MR) is 70.4 cm³/mol. The van der Waals surface area contributed by atoms with Crippen molar-refractivity contribution in [3.05, 3.63) is 29.8 Å². The molecular weight excluding hydrogens is 252 g/mol. The highest BCUT2D eigenvalue weighted by Crippen LogP contribution is 2.24. The molecule has 0 saturated carbocycles. The molecular formula is C14H21F2NO2. The van der Waals surface area contributed by atoms with Crippen LogP contribution in [-0.2, 0) is 5.54 Å². The maximum absolute atomic E-state index is 12.1. The molecule has 0 saturated heterocycles. The molecule has 0 aliphatic heterocycles. The molecule has 5 heteroatoms. The number of rotatable bonds is 7. The van der Waals surface area contributed by atoms with Crippen LogP contribution in [0.15, 0.2) is 24.3 Å². The van der Waals surface area contributed by atoms with Gasteiger partial charge >= 0.3 is 6.61 Å². The normalized spacial score (nSPS) is 14.7. The van der Waals surface area contributed by atoms with Gasteiger partial charge in [-0.3, -0.25) is 0 Å². The van der Waals surface area contributed by atoms with E-state index in [0.29, 0.717) is 5.92 Å². The average Bonchev–Trinajstić information content (AvgIpc) is 2.36. The van der Waals surface area contributed by atoms with Crippen molar-refractivity contribution in [2.24, 2.45) is 5.92 Å². The quantitative estimate of drug-likeness (QED) is 0.802. The van der Waals surface area contributed by atoms with Gasteiger partial charge in [0.05, 0.1) is 12.1 Å². The van der Waals surface area contributed by atoms with Crippen molar-refractivity contribution in [3.8, 4) is 5.75 Å². The molecule has 0 aromatic heterocycles. The monoisotopic (exact) mass is 273 g/mol. The fraction of sp³-hybridized carbons (Fsp3) is 0.571. The molecule has 2 N–H and O–H groups in total. The molecule has 108 valence electrons. The molecule has 19 heavy (non-hydrogen) atoms. The van der Waals surface area contributed by atoms with Crippen molar-refractivity contribution in [1.29, 1.82) is 0 Å². The number of hydrogen-bond acceptors (Lipinski definition) is 3. The summed E-state index contributed by atoms with van der Waals surface area (Å²) in [5, 5.41) is 12.8. The minimum absolute atomic E-state index is 0.0746. The zero-order chi connectivity index (χ0) is 14.5. The van der Waals surface area contributed by atoms with Gasteiger partial charge in [-0.15, -0.1) is 0 Å². The van der Waals surface area contributed by atoms with E-state index in [-0.39, 0.29) is 12.4 Å². The van der Waals surface area contributed by atoms with Gasteiger partial charge in [0.25, 0.3) is 0 Å². The number of benzene rings is 1. The van der Waals surface area contributed by atoms with Gasteiger partial charge in [-0.1, -0.05) is 26.0 Å². The summed E-state index contributed by atoms with van der Waals surface area (Å²) in [4.78, 5) is 0. The Hall–Kier alpha value is -1.20. The van der Waals surface area contributed by atoms with E-state index in [1.54, 1.807) is 12.1 Å². The van der Waals surface area contributed by atoms with Crippen LogP contribution in [0.1, 0.15) is 26.3 Å². The number of halogens is 2. The largest absolute Gasteiger partial charge is 0.435 e. The second-order valence-electron chi connectivity index (χ2n) is 5.17. The minimum atomic E-state index is -2.82. The van der Waals surface area contributed by atoms with Crippen LogP contribution in [-0.4, -0.2) is 24.9 Å². The second-order valence-corrected chi connectivity index (χ2v) is 5.17. The lowest BCUT2D eigenvalue weighted by atomic mass is 9.92. The van der Waals surface area contributed by atoms with Crippen molar-refractivity contribution >= 4 is 0 Å². The van der Waals surface area contributed by atoms with Gasteiger partial charge in [-0.05, 0) is 37.1 Å². The Balaban J connectivity index is 2.80. The number of hydrogen-bond donors (Lipinski definition) is 2. The Kier molecular flexibility index (Phi) is 5.69. The van der Waals surface area contributed by atoms with Crippen LogP contribution in [0.5, 0.6) is 5.75 Å². The molecule has 0 aliphatic carbocycles. The molecule has 1 atom stereocenters. The second kappa shape index (κ2) is 6.82. The lowest BCUT2D eigenvalue weighted by Crippen LogP contribution is -2.44. The van der Waals surface area contributed by atoms with Crippen molar-refractivity contribution in [2.75, 3.05) is 13.2 Å². The summed E-state index contributed by atoms with van der Waals surface area (Å²) in [5.74, 6) is 0.565. The van der Waals surface area contributed by atoms with Gasteiger partial charge in [0, 0.05) is 0 Å². The molecule has 1 aromatic carbocycles. The standard InChI is InChI=1S/C14H21F2NO2/c1-10(2)8-17-14(3,9-18)11-4-6-12(7-5-11)19-13(15)16/h4-7,10,13,17-18H,8-9H2,1-3H3. The van der Waals surface area contributed by atoms with E-state index in [1.165, 1.54) is 12.1 Å². The summed E-state index contributed by atoms with van der Waals surface area (Å²) in [7, 11) is 0. The van der Waals surface area contributed by atoms with Crippen molar-refractivity contribution in [3.63, 3.8) is 0 Å².